The minimum absolute atomic E-state index is 0.0117. The minimum Gasteiger partial charge on any atom is -0.598 e. The van der Waals surface area contributed by atoms with Crippen LogP contribution in [-0.2, 0) is 16.1 Å². The number of anilines is 1. The molecule has 0 spiro atoms. The number of allylic oxidation sites excluding steroid dienone is 2. The monoisotopic (exact) mass is 452 g/mol. The first-order chi connectivity index (χ1) is 14.8. The van der Waals surface area contributed by atoms with Crippen molar-refractivity contribution in [2.24, 2.45) is 5.92 Å². The fraction of sp³-hybridized carbons (Fsp3) is 0.667. The molecule has 3 heterocycles. The van der Waals surface area contributed by atoms with E-state index in [4.69, 9.17) is 10.1 Å². The molecule has 8 nitrogen and oxygen atoms in total. The molecule has 10 heteroatoms. The van der Waals surface area contributed by atoms with Gasteiger partial charge in [0.1, 0.15) is 6.26 Å². The highest BCUT2D eigenvalue weighted by atomic mass is 32.2. The maximum absolute atomic E-state index is 13.0. The van der Waals surface area contributed by atoms with Crippen LogP contribution in [0.25, 0.3) is 0 Å². The first-order valence-electron chi connectivity index (χ1n) is 10.8. The van der Waals surface area contributed by atoms with Gasteiger partial charge in [-0.05, 0) is 37.7 Å². The summed E-state index contributed by atoms with van der Waals surface area (Å²) in [4.78, 5) is 10.2. The molecule has 0 bridgehead atoms. The van der Waals surface area contributed by atoms with Crippen LogP contribution in [0.3, 0.4) is 0 Å². The van der Waals surface area contributed by atoms with Gasteiger partial charge in [0, 0.05) is 35.9 Å². The van der Waals surface area contributed by atoms with Crippen LogP contribution in [0, 0.1) is 17.1 Å². The highest BCUT2D eigenvalue weighted by Gasteiger charge is 2.31. The predicted molar refractivity (Wildman–Crippen MR) is 121 cm³/mol. The summed E-state index contributed by atoms with van der Waals surface area (Å²) in [5, 5.41) is 11.6. The second-order valence-electron chi connectivity index (χ2n) is 8.47. The van der Waals surface area contributed by atoms with Crippen molar-refractivity contribution in [3.63, 3.8) is 0 Å². The van der Waals surface area contributed by atoms with Gasteiger partial charge in [0.25, 0.3) is 0 Å². The normalized spacial score (nSPS) is 25.0. The lowest BCUT2D eigenvalue weighted by molar-refractivity contribution is 0.0177. The van der Waals surface area contributed by atoms with Crippen molar-refractivity contribution in [3.05, 3.63) is 30.0 Å². The summed E-state index contributed by atoms with van der Waals surface area (Å²) >= 11 is -1.10. The van der Waals surface area contributed by atoms with Crippen LogP contribution in [0.2, 0.25) is 0 Å². The fourth-order valence-electron chi connectivity index (χ4n) is 3.83. The summed E-state index contributed by atoms with van der Waals surface area (Å²) in [5.41, 5.74) is 1.64. The third kappa shape index (κ3) is 7.13. The Labute approximate surface area is 186 Å². The van der Waals surface area contributed by atoms with E-state index in [1.807, 2.05) is 24.8 Å². The van der Waals surface area contributed by atoms with Gasteiger partial charge in [-0.3, -0.25) is 0 Å². The Hall–Kier alpha value is -1.75. The molecular formula is C21H33FN6O2S. The molecule has 31 heavy (non-hydrogen) atoms. The molecule has 2 fully saturated rings. The quantitative estimate of drug-likeness (QED) is 0.410. The number of piperidine rings is 2. The van der Waals surface area contributed by atoms with Gasteiger partial charge in [-0.25, -0.2) is 14.4 Å². The zero-order valence-corrected chi connectivity index (χ0v) is 19.3. The molecule has 3 rings (SSSR count). The van der Waals surface area contributed by atoms with E-state index in [1.165, 1.54) is 12.4 Å². The van der Waals surface area contributed by atoms with Gasteiger partial charge in [-0.1, -0.05) is 13.8 Å². The van der Waals surface area contributed by atoms with Crippen molar-refractivity contribution in [1.82, 2.24) is 20.0 Å². The van der Waals surface area contributed by atoms with Gasteiger partial charge in [0.15, 0.2) is 5.82 Å². The Morgan fingerprint density at radius 2 is 2.06 bits per heavy atom. The first kappa shape index (κ1) is 23.9. The Bertz CT molecular complexity index is 753. The molecule has 0 amide bonds. The molecular weight excluding hydrogens is 419 g/mol. The van der Waals surface area contributed by atoms with E-state index in [2.05, 4.69) is 20.0 Å². The molecule has 1 aromatic rings. The van der Waals surface area contributed by atoms with Crippen LogP contribution in [0.15, 0.2) is 24.2 Å². The first-order valence-corrected chi connectivity index (χ1v) is 12.4. The number of nitrogens with zero attached hydrogens (tertiary/aromatic N) is 3. The van der Waals surface area contributed by atoms with E-state index in [0.717, 1.165) is 44.5 Å². The van der Waals surface area contributed by atoms with Gasteiger partial charge in [-0.15, -0.1) is 4.72 Å². The third-order valence-electron chi connectivity index (χ3n) is 5.69. The second-order valence-corrected chi connectivity index (χ2v) is 9.61. The SMILES string of the molecule is CC(C)C(=N)/C=C1/CCC(N[S+](C)[O-])C(COC2CCN(c3ncc(F)cn3)CC2)N1. The van der Waals surface area contributed by atoms with E-state index >= 15 is 0 Å². The van der Waals surface area contributed by atoms with E-state index < -0.39 is 17.2 Å². The Morgan fingerprint density at radius 3 is 2.68 bits per heavy atom. The predicted octanol–water partition coefficient (Wildman–Crippen LogP) is 2.16. The van der Waals surface area contributed by atoms with Crippen molar-refractivity contribution in [3.8, 4) is 0 Å². The van der Waals surface area contributed by atoms with Gasteiger partial charge < -0.3 is 24.9 Å². The van der Waals surface area contributed by atoms with Crippen molar-refractivity contribution in [2.75, 3.05) is 30.9 Å². The van der Waals surface area contributed by atoms with Gasteiger partial charge in [-0.2, -0.15) is 0 Å². The zero-order valence-electron chi connectivity index (χ0n) is 18.4. The molecule has 172 valence electrons. The Morgan fingerprint density at radius 1 is 1.39 bits per heavy atom. The van der Waals surface area contributed by atoms with Crippen LogP contribution in [-0.4, -0.2) is 64.4 Å². The van der Waals surface area contributed by atoms with E-state index in [1.54, 1.807) is 6.26 Å². The number of nitrogens with one attached hydrogen (secondary N) is 3. The number of aromatic nitrogens is 2. The molecule has 0 radical (unpaired) electrons. The number of rotatable bonds is 8. The molecule has 0 aliphatic carbocycles. The molecule has 2 aliphatic heterocycles. The molecule has 3 N–H and O–H groups in total. The lowest BCUT2D eigenvalue weighted by Gasteiger charge is -2.37. The number of hydrogen-bond donors (Lipinski definition) is 3. The summed E-state index contributed by atoms with van der Waals surface area (Å²) in [6.45, 7) is 6.03. The summed E-state index contributed by atoms with van der Waals surface area (Å²) in [7, 11) is 0. The van der Waals surface area contributed by atoms with Crippen molar-refractivity contribution in [2.45, 2.75) is 57.7 Å². The van der Waals surface area contributed by atoms with Crippen molar-refractivity contribution >= 4 is 23.0 Å². The van der Waals surface area contributed by atoms with Gasteiger partial charge in [0.2, 0.25) is 5.95 Å². The number of ether oxygens (including phenoxy) is 1. The number of halogens is 1. The van der Waals surface area contributed by atoms with Crippen LogP contribution in [0.4, 0.5) is 10.3 Å². The maximum atomic E-state index is 13.0. The third-order valence-corrected chi connectivity index (χ3v) is 6.33. The molecule has 0 saturated carbocycles. The van der Waals surface area contributed by atoms with Crippen LogP contribution in [0.1, 0.15) is 39.5 Å². The molecule has 0 aromatic carbocycles. The Balaban J connectivity index is 1.53. The highest BCUT2D eigenvalue weighted by Crippen LogP contribution is 2.22. The van der Waals surface area contributed by atoms with Crippen molar-refractivity contribution < 1.29 is 13.7 Å². The standard InChI is InChI=1S/C21H33FN6O2S/c1-14(2)18(23)10-16-4-5-19(27-31(3)29)20(26-16)13-30-17-6-8-28(9-7-17)21-24-11-15(22)12-25-21/h10-12,14,17,19-20,23,26-27H,4-9,13H2,1-3H3/b16-10-,23-18?. The minimum atomic E-state index is -1.10. The molecule has 3 unspecified atom stereocenters. The molecule has 1 aromatic heterocycles. The summed E-state index contributed by atoms with van der Waals surface area (Å²) < 4.78 is 34.1. The topological polar surface area (TPSA) is 109 Å². The zero-order chi connectivity index (χ0) is 22.4. The molecule has 3 atom stereocenters. The van der Waals surface area contributed by atoms with E-state index in [-0.39, 0.29) is 24.1 Å². The van der Waals surface area contributed by atoms with Crippen LogP contribution >= 0.6 is 0 Å². The summed E-state index contributed by atoms with van der Waals surface area (Å²) in [6, 6.07) is 0.0336. The second kappa shape index (κ2) is 11.2. The van der Waals surface area contributed by atoms with Crippen LogP contribution < -0.4 is 14.9 Å². The lowest BCUT2D eigenvalue weighted by Crippen LogP contribution is -2.55. The largest absolute Gasteiger partial charge is 0.598 e. The fourth-order valence-corrected chi connectivity index (χ4v) is 4.54. The average molecular weight is 453 g/mol. The Kier molecular flexibility index (Phi) is 8.65. The van der Waals surface area contributed by atoms with Gasteiger partial charge >= 0.3 is 0 Å². The smallest absolute Gasteiger partial charge is 0.225 e. The average Bonchev–Trinajstić information content (AvgIpc) is 2.74. The summed E-state index contributed by atoms with van der Waals surface area (Å²) in [5.74, 6) is 0.291. The van der Waals surface area contributed by atoms with E-state index in [9.17, 15) is 8.94 Å². The molecule has 2 saturated heterocycles. The lowest BCUT2D eigenvalue weighted by atomic mass is 9.95. The molecule has 2 aliphatic rings. The summed E-state index contributed by atoms with van der Waals surface area (Å²) in [6.07, 6.45) is 9.40. The van der Waals surface area contributed by atoms with Crippen molar-refractivity contribution in [1.29, 1.82) is 5.41 Å². The number of hydrogen-bond acceptors (Lipinski definition) is 8. The van der Waals surface area contributed by atoms with Gasteiger partial charge in [0.05, 0.1) is 37.2 Å². The maximum Gasteiger partial charge on any atom is 0.225 e. The van der Waals surface area contributed by atoms with E-state index in [0.29, 0.717) is 18.3 Å². The highest BCUT2D eigenvalue weighted by molar-refractivity contribution is 7.88. The van der Waals surface area contributed by atoms with Crippen LogP contribution in [0.5, 0.6) is 0 Å².